The maximum atomic E-state index is 12.8. The number of aliphatic carboxylic acids is 1. The van der Waals surface area contributed by atoms with Gasteiger partial charge in [-0.25, -0.2) is 4.79 Å². The van der Waals surface area contributed by atoms with Gasteiger partial charge in [-0.2, -0.15) is 4.98 Å². The molecule has 2 fully saturated rings. The Kier molecular flexibility index (Phi) is 5.34. The molecule has 0 bridgehead atoms. The van der Waals surface area contributed by atoms with Crippen LogP contribution in [0.15, 0.2) is 4.52 Å². The van der Waals surface area contributed by atoms with Crippen LogP contribution >= 0.6 is 0 Å². The molecule has 3 unspecified atom stereocenters. The van der Waals surface area contributed by atoms with Gasteiger partial charge in [-0.3, -0.25) is 4.79 Å². The Morgan fingerprint density at radius 1 is 1.27 bits per heavy atom. The van der Waals surface area contributed by atoms with Crippen molar-refractivity contribution in [3.05, 3.63) is 11.7 Å². The van der Waals surface area contributed by atoms with Crippen molar-refractivity contribution in [2.45, 2.75) is 89.6 Å². The van der Waals surface area contributed by atoms with E-state index in [-0.39, 0.29) is 17.4 Å². The third kappa shape index (κ3) is 3.91. The van der Waals surface area contributed by atoms with Gasteiger partial charge in [0, 0.05) is 24.3 Å². The lowest BCUT2D eigenvalue weighted by atomic mass is 9.84. The molecule has 1 saturated carbocycles. The molecule has 3 rings (SSSR count). The van der Waals surface area contributed by atoms with Crippen molar-refractivity contribution >= 4 is 11.9 Å². The fraction of sp³-hybridized carbons (Fsp3) is 0.789. The molecule has 144 valence electrons. The predicted molar refractivity (Wildman–Crippen MR) is 94.6 cm³/mol. The average molecular weight is 363 g/mol. The highest BCUT2D eigenvalue weighted by atomic mass is 16.5. The van der Waals surface area contributed by atoms with E-state index in [0.717, 1.165) is 25.7 Å². The normalized spacial score (nSPS) is 26.0. The van der Waals surface area contributed by atoms with E-state index in [1.165, 1.54) is 0 Å². The summed E-state index contributed by atoms with van der Waals surface area (Å²) in [7, 11) is 0. The van der Waals surface area contributed by atoms with Gasteiger partial charge in [0.25, 0.3) is 0 Å². The number of hydrogen-bond donors (Lipinski definition) is 1. The van der Waals surface area contributed by atoms with E-state index in [4.69, 9.17) is 4.52 Å². The summed E-state index contributed by atoms with van der Waals surface area (Å²) < 4.78 is 5.26. The summed E-state index contributed by atoms with van der Waals surface area (Å²) in [4.78, 5) is 30.4. The van der Waals surface area contributed by atoms with E-state index in [1.54, 1.807) is 4.90 Å². The lowest BCUT2D eigenvalue weighted by Crippen LogP contribution is -2.46. The van der Waals surface area contributed by atoms with Gasteiger partial charge in [0.15, 0.2) is 5.82 Å². The average Bonchev–Trinajstić information content (AvgIpc) is 3.18. The quantitative estimate of drug-likeness (QED) is 0.864. The van der Waals surface area contributed by atoms with Gasteiger partial charge in [-0.15, -0.1) is 0 Å². The Bertz CT molecular complexity index is 664. The van der Waals surface area contributed by atoms with E-state index < -0.39 is 12.0 Å². The maximum Gasteiger partial charge on any atom is 0.326 e. The van der Waals surface area contributed by atoms with Crippen LogP contribution in [0.2, 0.25) is 0 Å². The van der Waals surface area contributed by atoms with Crippen molar-refractivity contribution in [2.24, 2.45) is 5.92 Å². The Morgan fingerprint density at radius 2 is 2.00 bits per heavy atom. The molecule has 3 atom stereocenters. The van der Waals surface area contributed by atoms with Crippen LogP contribution in [0.3, 0.4) is 0 Å². The summed E-state index contributed by atoms with van der Waals surface area (Å²) in [5, 5.41) is 13.5. The predicted octanol–water partition coefficient (Wildman–Crippen LogP) is 2.93. The van der Waals surface area contributed by atoms with Gasteiger partial charge in [-0.05, 0) is 31.6 Å². The van der Waals surface area contributed by atoms with E-state index in [2.05, 4.69) is 10.1 Å². The first-order valence-electron chi connectivity index (χ1n) is 9.64. The molecule has 1 aromatic heterocycles. The minimum atomic E-state index is -0.875. The van der Waals surface area contributed by atoms with E-state index in [9.17, 15) is 14.7 Å². The molecule has 7 heteroatoms. The molecule has 1 saturated heterocycles. The molecular weight excluding hydrogens is 334 g/mol. The third-order valence-corrected chi connectivity index (χ3v) is 5.58. The molecule has 26 heavy (non-hydrogen) atoms. The Balaban J connectivity index is 1.58. The number of carboxylic acid groups (broad SMARTS) is 1. The second kappa shape index (κ2) is 7.37. The number of nitrogens with zero attached hydrogens (tertiary/aromatic N) is 3. The van der Waals surface area contributed by atoms with Crippen LogP contribution < -0.4 is 0 Å². The fourth-order valence-corrected chi connectivity index (χ4v) is 4.22. The molecule has 1 aliphatic carbocycles. The van der Waals surface area contributed by atoms with Crippen LogP contribution in [-0.4, -0.2) is 44.1 Å². The van der Waals surface area contributed by atoms with Crippen LogP contribution in [0.25, 0.3) is 0 Å². The van der Waals surface area contributed by atoms with Crippen LogP contribution in [0.1, 0.15) is 77.4 Å². The number of hydrogen-bond acceptors (Lipinski definition) is 5. The molecular formula is C19H29N3O4. The maximum absolute atomic E-state index is 12.8. The van der Waals surface area contributed by atoms with Gasteiger partial charge in [0.1, 0.15) is 6.04 Å². The van der Waals surface area contributed by atoms with Crippen LogP contribution in [-0.2, 0) is 21.4 Å². The SMILES string of the molecule is CC(C)(C)c1noc(CCCC(=O)N2C(C(=O)O)CC3CCCCC32)n1. The molecule has 2 heterocycles. The summed E-state index contributed by atoms with van der Waals surface area (Å²) in [5.74, 6) is 0.616. The van der Waals surface area contributed by atoms with Crippen molar-refractivity contribution in [1.82, 2.24) is 15.0 Å². The molecule has 0 aromatic carbocycles. The van der Waals surface area contributed by atoms with Crippen molar-refractivity contribution in [2.75, 3.05) is 0 Å². The second-order valence-corrected chi connectivity index (χ2v) is 8.62. The van der Waals surface area contributed by atoms with E-state index >= 15 is 0 Å². The Morgan fingerprint density at radius 3 is 2.65 bits per heavy atom. The largest absolute Gasteiger partial charge is 0.480 e. The molecule has 1 aromatic rings. The first kappa shape index (κ1) is 18.9. The second-order valence-electron chi connectivity index (χ2n) is 8.62. The summed E-state index contributed by atoms with van der Waals surface area (Å²) in [6, 6.07) is -0.556. The molecule has 0 radical (unpaired) electrons. The zero-order chi connectivity index (χ0) is 18.9. The Hall–Kier alpha value is -1.92. The first-order valence-corrected chi connectivity index (χ1v) is 9.64. The lowest BCUT2D eigenvalue weighted by molar-refractivity contribution is -0.149. The number of carbonyl (C=O) groups is 2. The zero-order valence-electron chi connectivity index (χ0n) is 15.9. The summed E-state index contributed by atoms with van der Waals surface area (Å²) in [6.45, 7) is 6.06. The molecule has 1 N–H and O–H groups in total. The highest BCUT2D eigenvalue weighted by molar-refractivity contribution is 5.84. The smallest absolute Gasteiger partial charge is 0.326 e. The fourth-order valence-electron chi connectivity index (χ4n) is 4.22. The van der Waals surface area contributed by atoms with Crippen molar-refractivity contribution in [3.8, 4) is 0 Å². The molecule has 1 aliphatic heterocycles. The van der Waals surface area contributed by atoms with Gasteiger partial charge in [0.05, 0.1) is 0 Å². The third-order valence-electron chi connectivity index (χ3n) is 5.58. The summed E-state index contributed by atoms with van der Waals surface area (Å²) in [6.07, 6.45) is 6.23. The number of carboxylic acids is 1. The lowest BCUT2D eigenvalue weighted by Gasteiger charge is -2.33. The minimum absolute atomic E-state index is 0.0534. The van der Waals surface area contributed by atoms with Crippen LogP contribution in [0.5, 0.6) is 0 Å². The first-order chi connectivity index (χ1) is 12.3. The number of aryl methyl sites for hydroxylation is 1. The molecule has 7 nitrogen and oxygen atoms in total. The number of carbonyl (C=O) groups excluding carboxylic acids is 1. The molecule has 2 aliphatic rings. The monoisotopic (exact) mass is 363 g/mol. The van der Waals surface area contributed by atoms with E-state index in [0.29, 0.717) is 43.3 Å². The standard InChI is InChI=1S/C19H29N3O4/c1-19(2,3)18-20-15(26-21-18)9-6-10-16(23)22-13-8-5-4-7-12(13)11-14(22)17(24)25/h12-14H,4-11H2,1-3H3,(H,24,25). The Labute approximate surface area is 154 Å². The van der Waals surface area contributed by atoms with Gasteiger partial charge < -0.3 is 14.5 Å². The minimum Gasteiger partial charge on any atom is -0.480 e. The van der Waals surface area contributed by atoms with Crippen molar-refractivity contribution < 1.29 is 19.2 Å². The number of fused-ring (bicyclic) bond motifs is 1. The van der Waals surface area contributed by atoms with Crippen LogP contribution in [0.4, 0.5) is 0 Å². The number of amides is 1. The van der Waals surface area contributed by atoms with Crippen molar-refractivity contribution in [1.29, 1.82) is 0 Å². The number of rotatable bonds is 5. The van der Waals surface area contributed by atoms with Gasteiger partial charge >= 0.3 is 5.97 Å². The molecule has 1 amide bonds. The molecule has 0 spiro atoms. The van der Waals surface area contributed by atoms with Crippen LogP contribution in [0, 0.1) is 5.92 Å². The van der Waals surface area contributed by atoms with E-state index in [1.807, 2.05) is 20.8 Å². The summed E-state index contributed by atoms with van der Waals surface area (Å²) >= 11 is 0. The highest BCUT2D eigenvalue weighted by Crippen LogP contribution is 2.40. The highest BCUT2D eigenvalue weighted by Gasteiger charge is 2.47. The van der Waals surface area contributed by atoms with Gasteiger partial charge in [-0.1, -0.05) is 38.8 Å². The topological polar surface area (TPSA) is 96.5 Å². The number of aromatic nitrogens is 2. The number of likely N-dealkylation sites (tertiary alicyclic amines) is 1. The van der Waals surface area contributed by atoms with Crippen molar-refractivity contribution in [3.63, 3.8) is 0 Å². The summed E-state index contributed by atoms with van der Waals surface area (Å²) in [5.41, 5.74) is -0.169. The zero-order valence-corrected chi connectivity index (χ0v) is 15.9. The van der Waals surface area contributed by atoms with Gasteiger partial charge in [0.2, 0.25) is 11.8 Å².